The van der Waals surface area contributed by atoms with Crippen LogP contribution >= 0.6 is 0 Å². The summed E-state index contributed by atoms with van der Waals surface area (Å²) >= 11 is 0. The Kier molecular flexibility index (Phi) is 28.9. The van der Waals surface area contributed by atoms with Crippen molar-refractivity contribution in [3.05, 3.63) is 12.3 Å². The average Bonchev–Trinajstić information content (AvgIpc) is 0.918. The summed E-state index contributed by atoms with van der Waals surface area (Å²) in [5, 5.41) is 0. The number of hydrogen-bond acceptors (Lipinski definition) is 0. The molecule has 0 aliphatic carbocycles. The predicted molar refractivity (Wildman–Crippen MR) is 23.7 cm³/mol. The molecule has 0 bridgehead atoms. The van der Waals surface area contributed by atoms with Gasteiger partial charge in [0.05, 0.1) is 0 Å². The maximum atomic E-state index is 3.42. The van der Waals surface area contributed by atoms with Gasteiger partial charge in [-0.3, -0.25) is 0 Å². The highest BCUT2D eigenvalue weighted by atomic mass is 28.1. The molecule has 0 unspecified atom stereocenters. The largest absolute Gasteiger partial charge is 0.412 e. The SMILES string of the molecule is C=C[SiH3].O. The van der Waals surface area contributed by atoms with Gasteiger partial charge in [-0.2, -0.15) is 0 Å². The Bertz CT molecular complexity index is 13.5. The van der Waals surface area contributed by atoms with Crippen molar-refractivity contribution in [3.8, 4) is 0 Å². The van der Waals surface area contributed by atoms with Crippen molar-refractivity contribution in [3.63, 3.8) is 0 Å². The van der Waals surface area contributed by atoms with Gasteiger partial charge in [-0.25, -0.2) is 0 Å². The molecule has 0 aliphatic heterocycles. The van der Waals surface area contributed by atoms with E-state index in [9.17, 15) is 0 Å². The lowest BCUT2D eigenvalue weighted by Crippen LogP contribution is -1.29. The molecule has 0 saturated carbocycles. The predicted octanol–water partition coefficient (Wildman–Crippen LogP) is -1.33. The molecule has 0 aromatic carbocycles. The van der Waals surface area contributed by atoms with Crippen LogP contribution in [0.3, 0.4) is 0 Å². The molecule has 0 spiro atoms. The van der Waals surface area contributed by atoms with E-state index in [0.717, 1.165) is 10.2 Å². The topological polar surface area (TPSA) is 31.5 Å². The molecular weight excluding hydrogens is 68.1 g/mol. The summed E-state index contributed by atoms with van der Waals surface area (Å²) in [5.41, 5.74) is 1.89. The van der Waals surface area contributed by atoms with Gasteiger partial charge in [0.25, 0.3) is 0 Å². The van der Waals surface area contributed by atoms with Crippen molar-refractivity contribution >= 4 is 10.2 Å². The molecule has 0 saturated heterocycles. The lowest BCUT2D eigenvalue weighted by Gasteiger charge is -1.29. The maximum Gasteiger partial charge on any atom is 0.0283 e. The van der Waals surface area contributed by atoms with Gasteiger partial charge in [-0.15, -0.1) is 12.3 Å². The molecule has 0 fully saturated rings. The Morgan fingerprint density at radius 3 is 1.75 bits per heavy atom. The second-order valence-corrected chi connectivity index (χ2v) is 1.22. The third-order valence-electron chi connectivity index (χ3n) is 0. The van der Waals surface area contributed by atoms with Crippen molar-refractivity contribution in [2.75, 3.05) is 0 Å². The Hall–Kier alpha value is -0.0831. The van der Waals surface area contributed by atoms with Crippen LogP contribution in [0, 0.1) is 0 Å². The average molecular weight is 76.2 g/mol. The van der Waals surface area contributed by atoms with Crippen LogP contribution in [0.4, 0.5) is 0 Å². The van der Waals surface area contributed by atoms with Gasteiger partial charge >= 0.3 is 0 Å². The van der Waals surface area contributed by atoms with E-state index in [1.807, 2.05) is 5.70 Å². The number of rotatable bonds is 0. The summed E-state index contributed by atoms with van der Waals surface area (Å²) in [7, 11) is 1.13. The van der Waals surface area contributed by atoms with E-state index in [4.69, 9.17) is 0 Å². The van der Waals surface area contributed by atoms with Crippen LogP contribution in [-0.4, -0.2) is 15.7 Å². The second-order valence-electron chi connectivity index (χ2n) is 0.408. The highest BCUT2D eigenvalue weighted by molar-refractivity contribution is 6.16. The first-order valence-corrected chi connectivity index (χ1v) is 2.14. The summed E-state index contributed by atoms with van der Waals surface area (Å²) in [5.74, 6) is 0. The van der Waals surface area contributed by atoms with E-state index in [2.05, 4.69) is 6.58 Å². The second kappa shape index (κ2) is 12.7. The third kappa shape index (κ3) is 233. The molecule has 0 aromatic heterocycles. The van der Waals surface area contributed by atoms with E-state index >= 15 is 0 Å². The molecule has 26 valence electrons. The van der Waals surface area contributed by atoms with E-state index in [-0.39, 0.29) is 5.48 Å². The zero-order valence-corrected chi connectivity index (χ0v) is 4.78. The summed E-state index contributed by atoms with van der Waals surface area (Å²) in [6.07, 6.45) is 0. The lowest BCUT2D eigenvalue weighted by atomic mass is 11.3. The zero-order valence-electron chi connectivity index (χ0n) is 2.78. The summed E-state index contributed by atoms with van der Waals surface area (Å²) in [6.45, 7) is 3.42. The molecule has 0 aliphatic rings. The van der Waals surface area contributed by atoms with Crippen molar-refractivity contribution in [1.29, 1.82) is 0 Å². The highest BCUT2D eigenvalue weighted by Gasteiger charge is 1.16. The van der Waals surface area contributed by atoms with Crippen LogP contribution in [0.1, 0.15) is 0 Å². The normalized spacial score (nSPS) is 4.00. The minimum atomic E-state index is 0. The molecule has 0 rings (SSSR count). The summed E-state index contributed by atoms with van der Waals surface area (Å²) in [6, 6.07) is 0. The Balaban J connectivity index is 0. The van der Waals surface area contributed by atoms with Gasteiger partial charge in [-0.05, 0) is 0 Å². The summed E-state index contributed by atoms with van der Waals surface area (Å²) in [4.78, 5) is 0. The molecule has 2 N–H and O–H groups in total. The van der Waals surface area contributed by atoms with Crippen LogP contribution in [-0.2, 0) is 0 Å². The van der Waals surface area contributed by atoms with Crippen LogP contribution in [0.15, 0.2) is 12.3 Å². The van der Waals surface area contributed by atoms with Crippen molar-refractivity contribution < 1.29 is 5.48 Å². The molecule has 0 atom stereocenters. The van der Waals surface area contributed by atoms with E-state index in [1.165, 1.54) is 0 Å². The molecule has 4 heavy (non-hydrogen) atoms. The molecule has 2 heteroatoms. The molecular formula is C2H8OSi. The molecule has 0 radical (unpaired) electrons. The van der Waals surface area contributed by atoms with Gasteiger partial charge in [0.15, 0.2) is 0 Å². The van der Waals surface area contributed by atoms with Crippen molar-refractivity contribution in [2.24, 2.45) is 0 Å². The number of hydrogen-bond donors (Lipinski definition) is 0. The maximum absolute atomic E-state index is 3.42. The Morgan fingerprint density at radius 2 is 1.75 bits per heavy atom. The van der Waals surface area contributed by atoms with Crippen LogP contribution in [0.25, 0.3) is 0 Å². The minimum Gasteiger partial charge on any atom is -0.412 e. The third-order valence-corrected chi connectivity index (χ3v) is 0. The van der Waals surface area contributed by atoms with Gasteiger partial charge < -0.3 is 5.48 Å². The van der Waals surface area contributed by atoms with Crippen molar-refractivity contribution in [1.82, 2.24) is 0 Å². The van der Waals surface area contributed by atoms with Crippen LogP contribution in [0.2, 0.25) is 0 Å². The lowest BCUT2D eigenvalue weighted by molar-refractivity contribution is 0.824. The zero-order chi connectivity index (χ0) is 2.71. The fraction of sp³-hybridized carbons (Fsp3) is 0. The Labute approximate surface area is 29.1 Å². The van der Waals surface area contributed by atoms with E-state index in [0.29, 0.717) is 0 Å². The fourth-order valence-corrected chi connectivity index (χ4v) is 0. The van der Waals surface area contributed by atoms with Crippen LogP contribution in [0.5, 0.6) is 0 Å². The molecule has 0 amide bonds. The first-order valence-electron chi connectivity index (χ1n) is 0.986. The van der Waals surface area contributed by atoms with Gasteiger partial charge in [-0.1, -0.05) is 0 Å². The monoisotopic (exact) mass is 76.0 g/mol. The fourth-order valence-electron chi connectivity index (χ4n) is 0. The van der Waals surface area contributed by atoms with E-state index in [1.54, 1.807) is 0 Å². The quantitative estimate of drug-likeness (QED) is 0.320. The molecule has 0 heterocycles. The molecule has 1 nitrogen and oxygen atoms in total. The summed E-state index contributed by atoms with van der Waals surface area (Å²) < 4.78 is 0. The van der Waals surface area contributed by atoms with Crippen LogP contribution < -0.4 is 0 Å². The van der Waals surface area contributed by atoms with Crippen molar-refractivity contribution in [2.45, 2.75) is 0 Å². The van der Waals surface area contributed by atoms with Gasteiger partial charge in [0, 0.05) is 10.2 Å². The minimum absolute atomic E-state index is 0. The molecule has 0 aromatic rings. The highest BCUT2D eigenvalue weighted by Crippen LogP contribution is 1.24. The first kappa shape index (κ1) is 9.07. The van der Waals surface area contributed by atoms with E-state index < -0.39 is 0 Å². The van der Waals surface area contributed by atoms with Gasteiger partial charge in [0.1, 0.15) is 0 Å². The Morgan fingerprint density at radius 1 is 1.75 bits per heavy atom. The smallest absolute Gasteiger partial charge is 0.0283 e. The standard InChI is InChI=1S/C2H6Si.H2O/c1-2-3;/h2H,1H2,3H3;1H2. The first-order chi connectivity index (χ1) is 1.41. The van der Waals surface area contributed by atoms with Gasteiger partial charge in [0.2, 0.25) is 0 Å².